The van der Waals surface area contributed by atoms with E-state index in [1.54, 1.807) is 11.3 Å². The molecule has 1 rings (SSSR count). The molecule has 0 aliphatic heterocycles. The van der Waals surface area contributed by atoms with E-state index in [1.807, 2.05) is 6.92 Å². The summed E-state index contributed by atoms with van der Waals surface area (Å²) < 4.78 is 0. The van der Waals surface area contributed by atoms with Crippen molar-refractivity contribution in [2.45, 2.75) is 33.7 Å². The van der Waals surface area contributed by atoms with Gasteiger partial charge >= 0.3 is 0 Å². The molecule has 16 heavy (non-hydrogen) atoms. The molecule has 0 bridgehead atoms. The topological polar surface area (TPSA) is 28.2 Å². The molecule has 1 aromatic heterocycles. The first-order valence-electron chi connectivity index (χ1n) is 6.10. The first-order valence-corrected chi connectivity index (χ1v) is 6.98. The molecular weight excluding hydrogens is 218 g/mol. The van der Waals surface area contributed by atoms with Crippen LogP contribution < -0.4 is 5.32 Å². The van der Waals surface area contributed by atoms with Gasteiger partial charge in [-0.25, -0.2) is 4.98 Å². The smallest absolute Gasteiger partial charge is 0.107 e. The van der Waals surface area contributed by atoms with E-state index in [0.29, 0.717) is 0 Å². The lowest BCUT2D eigenvalue weighted by molar-refractivity contribution is 0.298. The lowest BCUT2D eigenvalue weighted by Crippen LogP contribution is -2.27. The summed E-state index contributed by atoms with van der Waals surface area (Å²) in [7, 11) is 0. The molecule has 1 aromatic rings. The number of thiazole rings is 1. The summed E-state index contributed by atoms with van der Waals surface area (Å²) in [5, 5.41) is 6.74. The first kappa shape index (κ1) is 13.6. The van der Waals surface area contributed by atoms with Gasteiger partial charge in [0.1, 0.15) is 5.01 Å². The predicted molar refractivity (Wildman–Crippen MR) is 71.0 cm³/mol. The predicted octanol–water partition coefficient (Wildman–Crippen LogP) is 2.27. The van der Waals surface area contributed by atoms with E-state index in [2.05, 4.69) is 34.4 Å². The minimum Gasteiger partial charge on any atom is -0.310 e. The Morgan fingerprint density at radius 1 is 1.38 bits per heavy atom. The van der Waals surface area contributed by atoms with Crippen molar-refractivity contribution >= 4 is 11.3 Å². The summed E-state index contributed by atoms with van der Waals surface area (Å²) in [5.74, 6) is 0. The number of hydrogen-bond donors (Lipinski definition) is 1. The van der Waals surface area contributed by atoms with Crippen LogP contribution in [-0.2, 0) is 6.54 Å². The molecule has 1 N–H and O–H groups in total. The number of rotatable bonds is 8. The lowest BCUT2D eigenvalue weighted by Gasteiger charge is -2.17. The monoisotopic (exact) mass is 241 g/mol. The zero-order valence-electron chi connectivity index (χ0n) is 10.6. The van der Waals surface area contributed by atoms with Crippen molar-refractivity contribution in [3.63, 3.8) is 0 Å². The molecule has 0 aliphatic carbocycles. The van der Waals surface area contributed by atoms with Crippen molar-refractivity contribution in [3.05, 3.63) is 16.1 Å². The maximum atomic E-state index is 4.42. The van der Waals surface area contributed by atoms with E-state index in [0.717, 1.165) is 31.9 Å². The van der Waals surface area contributed by atoms with Crippen LogP contribution in [0.3, 0.4) is 0 Å². The maximum Gasteiger partial charge on any atom is 0.107 e. The zero-order chi connectivity index (χ0) is 11.8. The van der Waals surface area contributed by atoms with Crippen LogP contribution in [0.4, 0.5) is 0 Å². The van der Waals surface area contributed by atoms with Gasteiger partial charge in [0.2, 0.25) is 0 Å². The third kappa shape index (κ3) is 5.05. The van der Waals surface area contributed by atoms with Crippen LogP contribution >= 0.6 is 11.3 Å². The Bertz CT molecular complexity index is 282. The second-order valence-electron chi connectivity index (χ2n) is 3.94. The Morgan fingerprint density at radius 3 is 2.69 bits per heavy atom. The SMILES string of the molecule is CCN(CC)CCCNCc1nc(C)cs1. The number of hydrogen-bond acceptors (Lipinski definition) is 4. The third-order valence-electron chi connectivity index (χ3n) is 2.67. The molecule has 0 fully saturated rings. The molecule has 0 saturated heterocycles. The second-order valence-corrected chi connectivity index (χ2v) is 4.88. The highest BCUT2D eigenvalue weighted by Gasteiger charge is 1.99. The van der Waals surface area contributed by atoms with E-state index in [9.17, 15) is 0 Å². The molecule has 0 aliphatic rings. The van der Waals surface area contributed by atoms with Crippen molar-refractivity contribution in [1.29, 1.82) is 0 Å². The Labute approximate surface area is 103 Å². The molecule has 0 atom stereocenters. The summed E-state index contributed by atoms with van der Waals surface area (Å²) in [6.45, 7) is 12.0. The van der Waals surface area contributed by atoms with E-state index in [-0.39, 0.29) is 0 Å². The first-order chi connectivity index (χ1) is 7.76. The minimum absolute atomic E-state index is 0.913. The fourth-order valence-electron chi connectivity index (χ4n) is 1.65. The van der Waals surface area contributed by atoms with Crippen LogP contribution in [0.15, 0.2) is 5.38 Å². The van der Waals surface area contributed by atoms with Crippen molar-refractivity contribution in [3.8, 4) is 0 Å². The lowest BCUT2D eigenvalue weighted by atomic mass is 10.3. The third-order valence-corrected chi connectivity index (χ3v) is 3.63. The summed E-state index contributed by atoms with van der Waals surface area (Å²) in [5.41, 5.74) is 1.13. The van der Waals surface area contributed by atoms with Gasteiger partial charge in [-0.3, -0.25) is 0 Å². The minimum atomic E-state index is 0.913. The van der Waals surface area contributed by atoms with Crippen LogP contribution in [-0.4, -0.2) is 36.1 Å². The molecule has 0 amide bonds. The van der Waals surface area contributed by atoms with Gasteiger partial charge in [-0.05, 0) is 39.5 Å². The molecule has 0 radical (unpaired) electrons. The Morgan fingerprint density at radius 2 is 2.12 bits per heavy atom. The van der Waals surface area contributed by atoms with E-state index >= 15 is 0 Å². The molecule has 0 aromatic carbocycles. The van der Waals surface area contributed by atoms with Crippen LogP contribution in [0, 0.1) is 6.92 Å². The molecule has 4 heteroatoms. The highest BCUT2D eigenvalue weighted by atomic mass is 32.1. The number of nitrogens with zero attached hydrogens (tertiary/aromatic N) is 2. The van der Waals surface area contributed by atoms with Crippen molar-refractivity contribution in [2.24, 2.45) is 0 Å². The van der Waals surface area contributed by atoms with Crippen molar-refractivity contribution in [2.75, 3.05) is 26.2 Å². The van der Waals surface area contributed by atoms with Crippen LogP contribution in [0.5, 0.6) is 0 Å². The standard InChI is InChI=1S/C12H23N3S/c1-4-15(5-2)8-6-7-13-9-12-14-11(3)10-16-12/h10,13H,4-9H2,1-3H3. The van der Waals surface area contributed by atoms with E-state index in [4.69, 9.17) is 0 Å². The molecule has 1 heterocycles. The fourth-order valence-corrected chi connectivity index (χ4v) is 2.39. The van der Waals surface area contributed by atoms with Gasteiger partial charge in [0.15, 0.2) is 0 Å². The van der Waals surface area contributed by atoms with Gasteiger partial charge in [-0.2, -0.15) is 0 Å². The maximum absolute atomic E-state index is 4.42. The highest BCUT2D eigenvalue weighted by Crippen LogP contribution is 2.07. The quantitative estimate of drug-likeness (QED) is 0.708. The number of aromatic nitrogens is 1. The van der Waals surface area contributed by atoms with Crippen LogP contribution in [0.2, 0.25) is 0 Å². The van der Waals surface area contributed by atoms with Crippen LogP contribution in [0.1, 0.15) is 31.0 Å². The Kier molecular flexibility index (Phi) is 6.61. The fraction of sp³-hybridized carbons (Fsp3) is 0.750. The van der Waals surface area contributed by atoms with Gasteiger partial charge in [0, 0.05) is 17.6 Å². The largest absolute Gasteiger partial charge is 0.310 e. The molecule has 0 saturated carbocycles. The molecule has 0 unspecified atom stereocenters. The summed E-state index contributed by atoms with van der Waals surface area (Å²) in [6.07, 6.45) is 1.21. The summed E-state index contributed by atoms with van der Waals surface area (Å²) in [4.78, 5) is 6.87. The summed E-state index contributed by atoms with van der Waals surface area (Å²) in [6, 6.07) is 0. The second kappa shape index (κ2) is 7.76. The molecule has 0 spiro atoms. The van der Waals surface area contributed by atoms with Crippen LogP contribution in [0.25, 0.3) is 0 Å². The normalized spacial score (nSPS) is 11.2. The molecule has 92 valence electrons. The summed E-state index contributed by atoms with van der Waals surface area (Å²) >= 11 is 1.74. The van der Waals surface area contributed by atoms with Gasteiger partial charge < -0.3 is 10.2 Å². The van der Waals surface area contributed by atoms with Gasteiger partial charge in [0.25, 0.3) is 0 Å². The van der Waals surface area contributed by atoms with Gasteiger partial charge in [-0.1, -0.05) is 13.8 Å². The molecule has 3 nitrogen and oxygen atoms in total. The number of aryl methyl sites for hydroxylation is 1. The van der Waals surface area contributed by atoms with Gasteiger partial charge in [-0.15, -0.1) is 11.3 Å². The Hall–Kier alpha value is -0.450. The van der Waals surface area contributed by atoms with Crippen molar-refractivity contribution in [1.82, 2.24) is 15.2 Å². The molecular formula is C12H23N3S. The Balaban J connectivity index is 2.04. The number of nitrogens with one attached hydrogen (secondary N) is 1. The van der Waals surface area contributed by atoms with Gasteiger partial charge in [0.05, 0.1) is 0 Å². The van der Waals surface area contributed by atoms with Crippen molar-refractivity contribution < 1.29 is 0 Å². The van der Waals surface area contributed by atoms with E-state index in [1.165, 1.54) is 18.0 Å². The average molecular weight is 241 g/mol. The average Bonchev–Trinajstić information content (AvgIpc) is 2.70. The highest BCUT2D eigenvalue weighted by molar-refractivity contribution is 7.09. The van der Waals surface area contributed by atoms with E-state index < -0.39 is 0 Å². The zero-order valence-corrected chi connectivity index (χ0v) is 11.4.